The Morgan fingerprint density at radius 1 is 1.41 bits per heavy atom. The van der Waals surface area contributed by atoms with Crippen molar-refractivity contribution in [1.29, 1.82) is 0 Å². The maximum atomic E-state index is 12.4. The van der Waals surface area contributed by atoms with Crippen molar-refractivity contribution < 1.29 is 4.79 Å². The van der Waals surface area contributed by atoms with Gasteiger partial charge in [0.15, 0.2) is 0 Å². The molecule has 5 heteroatoms. The van der Waals surface area contributed by atoms with E-state index in [1.54, 1.807) is 0 Å². The molecule has 1 aliphatic heterocycles. The third-order valence-corrected chi connectivity index (χ3v) is 5.85. The molecule has 116 valence electrons. The summed E-state index contributed by atoms with van der Waals surface area (Å²) in [5, 5.41) is 3.25. The van der Waals surface area contributed by atoms with E-state index in [-0.39, 0.29) is 17.9 Å². The van der Waals surface area contributed by atoms with Gasteiger partial charge in [0.2, 0.25) is 5.91 Å². The number of aryl methyl sites for hydroxylation is 3. The zero-order valence-corrected chi connectivity index (χ0v) is 13.8. The summed E-state index contributed by atoms with van der Waals surface area (Å²) in [6.07, 6.45) is 5.05. The molecule has 1 saturated carbocycles. The Morgan fingerprint density at radius 3 is 3.05 bits per heavy atom. The average Bonchev–Trinajstić information content (AvgIpc) is 3.03. The van der Waals surface area contributed by atoms with Gasteiger partial charge < -0.3 is 9.88 Å². The minimum Gasteiger partial charge on any atom is -0.351 e. The SMILES string of the molecule is Cc1cn2c(n1)CC[C@H](NC(=O)[C@@H]1C[C@@H]1c1ccc(C)s1)C2. The van der Waals surface area contributed by atoms with E-state index in [9.17, 15) is 4.79 Å². The van der Waals surface area contributed by atoms with Gasteiger partial charge in [-0.3, -0.25) is 4.79 Å². The summed E-state index contributed by atoms with van der Waals surface area (Å²) in [5.41, 5.74) is 1.07. The fourth-order valence-corrected chi connectivity index (χ4v) is 4.52. The Balaban J connectivity index is 1.36. The Hall–Kier alpha value is -1.62. The van der Waals surface area contributed by atoms with Crippen LogP contribution in [0.1, 0.15) is 40.0 Å². The van der Waals surface area contributed by atoms with E-state index in [1.807, 2.05) is 18.3 Å². The van der Waals surface area contributed by atoms with Gasteiger partial charge in [0, 0.05) is 46.8 Å². The molecule has 1 N–H and O–H groups in total. The van der Waals surface area contributed by atoms with E-state index in [0.717, 1.165) is 37.3 Å². The number of nitrogens with one attached hydrogen (secondary N) is 1. The van der Waals surface area contributed by atoms with Crippen LogP contribution in [0.25, 0.3) is 0 Å². The van der Waals surface area contributed by atoms with Gasteiger partial charge in [0.05, 0.1) is 5.69 Å². The van der Waals surface area contributed by atoms with Crippen molar-refractivity contribution in [3.05, 3.63) is 39.6 Å². The molecule has 2 aromatic heterocycles. The maximum absolute atomic E-state index is 12.4. The van der Waals surface area contributed by atoms with Crippen LogP contribution in [0.5, 0.6) is 0 Å². The summed E-state index contributed by atoms with van der Waals surface area (Å²) >= 11 is 1.83. The molecule has 0 bridgehead atoms. The van der Waals surface area contributed by atoms with Crippen LogP contribution in [-0.4, -0.2) is 21.5 Å². The third kappa shape index (κ3) is 2.58. The second kappa shape index (κ2) is 5.23. The fraction of sp³-hybridized carbons (Fsp3) is 0.529. The number of rotatable bonds is 3. The minimum absolute atomic E-state index is 0.184. The summed E-state index contributed by atoms with van der Waals surface area (Å²) in [7, 11) is 0. The largest absolute Gasteiger partial charge is 0.351 e. The Labute approximate surface area is 134 Å². The highest BCUT2D eigenvalue weighted by Gasteiger charge is 2.45. The summed E-state index contributed by atoms with van der Waals surface area (Å²) in [4.78, 5) is 19.7. The number of hydrogen-bond donors (Lipinski definition) is 1. The molecule has 4 rings (SSSR count). The number of thiophene rings is 1. The van der Waals surface area contributed by atoms with Gasteiger partial charge in [-0.05, 0) is 38.8 Å². The first kappa shape index (κ1) is 14.0. The Morgan fingerprint density at radius 2 is 2.27 bits per heavy atom. The van der Waals surface area contributed by atoms with Gasteiger partial charge >= 0.3 is 0 Å². The van der Waals surface area contributed by atoms with Crippen LogP contribution in [0.2, 0.25) is 0 Å². The quantitative estimate of drug-likeness (QED) is 0.947. The lowest BCUT2D eigenvalue weighted by Crippen LogP contribution is -2.41. The second-order valence-corrected chi connectivity index (χ2v) is 7.91. The molecule has 1 fully saturated rings. The highest BCUT2D eigenvalue weighted by atomic mass is 32.1. The molecule has 4 nitrogen and oxygen atoms in total. The number of fused-ring (bicyclic) bond motifs is 1. The third-order valence-electron chi connectivity index (χ3n) is 4.71. The van der Waals surface area contributed by atoms with Crippen molar-refractivity contribution in [2.24, 2.45) is 5.92 Å². The van der Waals surface area contributed by atoms with E-state index >= 15 is 0 Å². The molecule has 3 heterocycles. The number of carbonyl (C=O) groups excluding carboxylic acids is 1. The van der Waals surface area contributed by atoms with Gasteiger partial charge in [-0.2, -0.15) is 0 Å². The van der Waals surface area contributed by atoms with E-state index in [0.29, 0.717) is 5.92 Å². The predicted octanol–water partition coefficient (Wildman–Crippen LogP) is 2.80. The van der Waals surface area contributed by atoms with Crippen LogP contribution in [-0.2, 0) is 17.8 Å². The van der Waals surface area contributed by atoms with Crippen LogP contribution >= 0.6 is 11.3 Å². The molecule has 0 saturated heterocycles. The topological polar surface area (TPSA) is 46.9 Å². The summed E-state index contributed by atoms with van der Waals surface area (Å²) < 4.78 is 2.19. The van der Waals surface area contributed by atoms with Crippen molar-refractivity contribution in [2.45, 2.75) is 51.6 Å². The zero-order valence-electron chi connectivity index (χ0n) is 13.0. The number of imidazole rings is 1. The normalized spacial score (nSPS) is 26.5. The molecular weight excluding hydrogens is 294 g/mol. The average molecular weight is 315 g/mol. The van der Waals surface area contributed by atoms with Crippen molar-refractivity contribution >= 4 is 17.2 Å². The molecule has 2 aromatic rings. The van der Waals surface area contributed by atoms with Crippen molar-refractivity contribution in [3.8, 4) is 0 Å². The van der Waals surface area contributed by atoms with E-state index in [2.05, 4.69) is 40.1 Å². The van der Waals surface area contributed by atoms with Crippen LogP contribution in [0, 0.1) is 19.8 Å². The molecule has 0 spiro atoms. The van der Waals surface area contributed by atoms with E-state index < -0.39 is 0 Å². The summed E-state index contributed by atoms with van der Waals surface area (Å²) in [6.45, 7) is 5.01. The van der Waals surface area contributed by atoms with Crippen LogP contribution < -0.4 is 5.32 Å². The predicted molar refractivity (Wildman–Crippen MR) is 87.1 cm³/mol. The van der Waals surface area contributed by atoms with Gasteiger partial charge in [-0.25, -0.2) is 4.98 Å². The monoisotopic (exact) mass is 315 g/mol. The fourth-order valence-electron chi connectivity index (χ4n) is 3.46. The van der Waals surface area contributed by atoms with Crippen molar-refractivity contribution in [1.82, 2.24) is 14.9 Å². The minimum atomic E-state index is 0.184. The number of nitrogens with zero attached hydrogens (tertiary/aromatic N) is 2. The first-order valence-electron chi connectivity index (χ1n) is 7.99. The Bertz CT molecular complexity index is 717. The van der Waals surface area contributed by atoms with Crippen LogP contribution in [0.3, 0.4) is 0 Å². The molecule has 2 aliphatic rings. The summed E-state index contributed by atoms with van der Waals surface area (Å²) in [5.74, 6) is 2.03. The molecule has 0 unspecified atom stereocenters. The van der Waals surface area contributed by atoms with E-state index in [4.69, 9.17) is 0 Å². The lowest BCUT2D eigenvalue weighted by atomic mass is 10.1. The summed E-state index contributed by atoms with van der Waals surface area (Å²) in [6, 6.07) is 4.58. The smallest absolute Gasteiger partial charge is 0.224 e. The maximum Gasteiger partial charge on any atom is 0.224 e. The molecule has 22 heavy (non-hydrogen) atoms. The van der Waals surface area contributed by atoms with Gasteiger partial charge in [0.1, 0.15) is 5.82 Å². The number of carbonyl (C=O) groups is 1. The molecular formula is C17H21N3OS. The molecule has 3 atom stereocenters. The first-order chi connectivity index (χ1) is 10.6. The highest BCUT2D eigenvalue weighted by Crippen LogP contribution is 2.49. The number of aromatic nitrogens is 2. The molecule has 1 amide bonds. The van der Waals surface area contributed by atoms with Crippen LogP contribution in [0.15, 0.2) is 18.3 Å². The van der Waals surface area contributed by atoms with Crippen LogP contribution in [0.4, 0.5) is 0 Å². The molecule has 0 radical (unpaired) electrons. The van der Waals surface area contributed by atoms with Gasteiger partial charge in [-0.15, -0.1) is 11.3 Å². The lowest BCUT2D eigenvalue weighted by molar-refractivity contribution is -0.123. The zero-order chi connectivity index (χ0) is 15.3. The molecule has 1 aliphatic carbocycles. The van der Waals surface area contributed by atoms with Crippen molar-refractivity contribution in [2.75, 3.05) is 0 Å². The Kier molecular flexibility index (Phi) is 3.33. The highest BCUT2D eigenvalue weighted by molar-refractivity contribution is 7.12. The lowest BCUT2D eigenvalue weighted by Gasteiger charge is -2.24. The molecule has 0 aromatic carbocycles. The van der Waals surface area contributed by atoms with E-state index in [1.165, 1.54) is 9.75 Å². The number of amides is 1. The van der Waals surface area contributed by atoms with Gasteiger partial charge in [-0.1, -0.05) is 0 Å². The second-order valence-electron chi connectivity index (χ2n) is 6.59. The number of hydrogen-bond acceptors (Lipinski definition) is 3. The van der Waals surface area contributed by atoms with Crippen molar-refractivity contribution in [3.63, 3.8) is 0 Å². The van der Waals surface area contributed by atoms with Gasteiger partial charge in [0.25, 0.3) is 0 Å². The first-order valence-corrected chi connectivity index (χ1v) is 8.81. The standard InChI is InChI=1S/C17H21N3OS/c1-10-8-20-9-12(4-6-16(20)18-10)19-17(21)14-7-13(14)15-5-3-11(2)22-15/h3,5,8,12-14H,4,6-7,9H2,1-2H3,(H,19,21)/t12-,13-,14+/m0/s1.